The molecule has 1 aliphatic heterocycles. The number of ether oxygens (including phenoxy) is 2. The molecule has 2 aromatic rings. The van der Waals surface area contributed by atoms with Crippen LogP contribution in [-0.4, -0.2) is 56.0 Å². The van der Waals surface area contributed by atoms with E-state index in [1.54, 1.807) is 24.0 Å². The molecule has 3 rings (SSSR count). The number of carbonyl (C=O) groups excluding carboxylic acids is 1. The van der Waals surface area contributed by atoms with E-state index in [-0.39, 0.29) is 18.1 Å². The van der Waals surface area contributed by atoms with Crippen LogP contribution in [0.3, 0.4) is 0 Å². The number of amides is 1. The first kappa shape index (κ1) is 15.5. The van der Waals surface area contributed by atoms with Gasteiger partial charge in [0.1, 0.15) is 6.10 Å². The van der Waals surface area contributed by atoms with Crippen molar-refractivity contribution in [2.75, 3.05) is 13.2 Å². The van der Waals surface area contributed by atoms with Crippen LogP contribution in [0, 0.1) is 6.92 Å². The Labute approximate surface area is 133 Å². The summed E-state index contributed by atoms with van der Waals surface area (Å²) in [5, 5.41) is 15.3. The normalized spacial score (nSPS) is 20.7. The zero-order valence-corrected chi connectivity index (χ0v) is 13.4. The summed E-state index contributed by atoms with van der Waals surface area (Å²) in [5.74, 6) is 0.382. The summed E-state index contributed by atoms with van der Waals surface area (Å²) in [4.78, 5) is 13.9. The summed E-state index contributed by atoms with van der Waals surface area (Å²) in [5.41, 5.74) is 0.937. The van der Waals surface area contributed by atoms with E-state index < -0.39 is 0 Å². The number of nitrogens with zero attached hydrogens (tertiary/aromatic N) is 5. The second-order valence-corrected chi connectivity index (χ2v) is 5.45. The van der Waals surface area contributed by atoms with Crippen molar-refractivity contribution in [1.82, 2.24) is 30.1 Å². The Hall–Kier alpha value is -2.42. The van der Waals surface area contributed by atoms with Gasteiger partial charge >= 0.3 is 0 Å². The number of hydrogen-bond donors (Lipinski definition) is 1. The van der Waals surface area contributed by atoms with Crippen LogP contribution >= 0.6 is 0 Å². The van der Waals surface area contributed by atoms with Gasteiger partial charge in [-0.2, -0.15) is 15.0 Å². The van der Waals surface area contributed by atoms with Gasteiger partial charge in [-0.3, -0.25) is 9.48 Å². The van der Waals surface area contributed by atoms with Gasteiger partial charge in [0.25, 0.3) is 5.91 Å². The van der Waals surface area contributed by atoms with Gasteiger partial charge in [0.2, 0.25) is 0 Å². The van der Waals surface area contributed by atoms with E-state index in [9.17, 15) is 4.79 Å². The number of rotatable bonds is 5. The lowest BCUT2D eigenvalue weighted by atomic mass is 10.2. The molecule has 124 valence electrons. The van der Waals surface area contributed by atoms with Crippen LogP contribution in [0.4, 0.5) is 0 Å². The molecule has 3 heterocycles. The molecule has 1 N–H and O–H groups in total. The van der Waals surface area contributed by atoms with Crippen molar-refractivity contribution in [3.63, 3.8) is 0 Å². The molecule has 2 atom stereocenters. The monoisotopic (exact) mass is 320 g/mol. The van der Waals surface area contributed by atoms with Crippen molar-refractivity contribution < 1.29 is 14.3 Å². The summed E-state index contributed by atoms with van der Waals surface area (Å²) >= 11 is 0. The molecule has 9 nitrogen and oxygen atoms in total. The lowest BCUT2D eigenvalue weighted by molar-refractivity contribution is 0.0897. The molecule has 1 saturated heterocycles. The van der Waals surface area contributed by atoms with E-state index >= 15 is 0 Å². The molecular weight excluding hydrogens is 300 g/mol. The zero-order valence-electron chi connectivity index (χ0n) is 13.4. The third kappa shape index (κ3) is 3.34. The van der Waals surface area contributed by atoms with Crippen LogP contribution in [-0.2, 0) is 18.3 Å². The molecule has 0 bridgehead atoms. The zero-order chi connectivity index (χ0) is 16.4. The fraction of sp³-hybridized carbons (Fsp3) is 0.571. The van der Waals surface area contributed by atoms with Gasteiger partial charge in [-0.15, -0.1) is 5.10 Å². The van der Waals surface area contributed by atoms with Crippen LogP contribution in [0.2, 0.25) is 0 Å². The van der Waals surface area contributed by atoms with E-state index in [1.165, 1.54) is 4.80 Å². The smallest absolute Gasteiger partial charge is 0.274 e. The van der Waals surface area contributed by atoms with Gasteiger partial charge in [0.15, 0.2) is 11.4 Å². The number of aryl methyl sites for hydroxylation is 3. The van der Waals surface area contributed by atoms with Gasteiger partial charge < -0.3 is 14.8 Å². The Morgan fingerprint density at radius 3 is 2.96 bits per heavy atom. The minimum atomic E-state index is -0.266. The molecule has 0 radical (unpaired) electrons. The van der Waals surface area contributed by atoms with E-state index in [0.29, 0.717) is 36.9 Å². The summed E-state index contributed by atoms with van der Waals surface area (Å²) < 4.78 is 12.9. The molecule has 0 spiro atoms. The Morgan fingerprint density at radius 2 is 2.30 bits per heavy atom. The van der Waals surface area contributed by atoms with E-state index in [4.69, 9.17) is 9.47 Å². The summed E-state index contributed by atoms with van der Waals surface area (Å²) in [6.07, 6.45) is 3.15. The van der Waals surface area contributed by atoms with Crippen LogP contribution < -0.4 is 10.1 Å². The maximum atomic E-state index is 12.4. The van der Waals surface area contributed by atoms with Crippen molar-refractivity contribution in [3.05, 3.63) is 23.8 Å². The Kier molecular flexibility index (Phi) is 4.28. The Morgan fingerprint density at radius 1 is 1.48 bits per heavy atom. The summed E-state index contributed by atoms with van der Waals surface area (Å²) in [7, 11) is 1.82. The quantitative estimate of drug-likeness (QED) is 0.827. The van der Waals surface area contributed by atoms with Crippen LogP contribution in [0.1, 0.15) is 23.1 Å². The van der Waals surface area contributed by atoms with Gasteiger partial charge in [-0.05, 0) is 13.8 Å². The number of hydrogen-bond acceptors (Lipinski definition) is 6. The Bertz CT molecular complexity index is 694. The predicted molar refractivity (Wildman–Crippen MR) is 80.1 cm³/mol. The lowest BCUT2D eigenvalue weighted by Gasteiger charge is -2.19. The first-order valence-electron chi connectivity index (χ1n) is 7.52. The summed E-state index contributed by atoms with van der Waals surface area (Å²) in [6.45, 7) is 5.12. The highest BCUT2D eigenvalue weighted by atomic mass is 16.5. The Balaban J connectivity index is 1.65. The second-order valence-electron chi connectivity index (χ2n) is 5.45. The molecule has 0 unspecified atom stereocenters. The molecule has 23 heavy (non-hydrogen) atoms. The average Bonchev–Trinajstić information content (AvgIpc) is 3.21. The highest BCUT2D eigenvalue weighted by molar-refractivity contribution is 5.93. The van der Waals surface area contributed by atoms with Gasteiger partial charge in [-0.25, -0.2) is 0 Å². The van der Waals surface area contributed by atoms with Crippen molar-refractivity contribution in [1.29, 1.82) is 0 Å². The van der Waals surface area contributed by atoms with Crippen LogP contribution in [0.5, 0.6) is 5.75 Å². The van der Waals surface area contributed by atoms with E-state index in [2.05, 4.69) is 20.6 Å². The topological polar surface area (TPSA) is 96.1 Å². The fourth-order valence-corrected chi connectivity index (χ4v) is 2.44. The van der Waals surface area contributed by atoms with Crippen LogP contribution in [0.25, 0.3) is 0 Å². The molecule has 1 amide bonds. The standard InChI is InChI=1S/C14H20N6O3/c1-4-20-17-9(2)13(18-20)14(21)16-11-7-22-8-12(11)23-10-5-15-19(3)6-10/h5-6,11-12H,4,7-8H2,1-3H3,(H,16,21)/t11-,12+/m0/s1. The lowest BCUT2D eigenvalue weighted by Crippen LogP contribution is -2.45. The van der Waals surface area contributed by atoms with Gasteiger partial charge in [0, 0.05) is 7.05 Å². The third-order valence-electron chi connectivity index (χ3n) is 3.63. The van der Waals surface area contributed by atoms with Gasteiger partial charge in [-0.1, -0.05) is 0 Å². The highest BCUT2D eigenvalue weighted by Gasteiger charge is 2.33. The van der Waals surface area contributed by atoms with Crippen molar-refractivity contribution >= 4 is 5.91 Å². The first-order valence-corrected chi connectivity index (χ1v) is 7.52. The number of nitrogens with one attached hydrogen (secondary N) is 1. The van der Waals surface area contributed by atoms with E-state index in [1.807, 2.05) is 14.0 Å². The molecular formula is C14H20N6O3. The SMILES string of the molecule is CCn1nc(C)c(C(=O)N[C@H]2COC[C@H]2Oc2cnn(C)c2)n1. The maximum absolute atomic E-state index is 12.4. The van der Waals surface area contributed by atoms with Crippen molar-refractivity contribution in [2.45, 2.75) is 32.5 Å². The maximum Gasteiger partial charge on any atom is 0.274 e. The third-order valence-corrected chi connectivity index (χ3v) is 3.63. The molecule has 0 saturated carbocycles. The van der Waals surface area contributed by atoms with E-state index in [0.717, 1.165) is 0 Å². The molecule has 9 heteroatoms. The first-order chi connectivity index (χ1) is 11.1. The van der Waals surface area contributed by atoms with Crippen molar-refractivity contribution in [3.8, 4) is 5.75 Å². The minimum absolute atomic E-state index is 0.242. The molecule has 1 aliphatic rings. The largest absolute Gasteiger partial charge is 0.482 e. The van der Waals surface area contributed by atoms with Crippen LogP contribution in [0.15, 0.2) is 12.4 Å². The predicted octanol–water partition coefficient (Wildman–Crippen LogP) is -0.0839. The average molecular weight is 320 g/mol. The van der Waals surface area contributed by atoms with Crippen molar-refractivity contribution in [2.24, 2.45) is 7.05 Å². The fourth-order valence-electron chi connectivity index (χ4n) is 2.44. The number of aromatic nitrogens is 5. The second kappa shape index (κ2) is 6.37. The molecule has 0 aromatic carbocycles. The van der Waals surface area contributed by atoms with Gasteiger partial charge in [0.05, 0.1) is 43.9 Å². The summed E-state index contributed by atoms with van der Waals surface area (Å²) in [6, 6.07) is -0.242. The molecule has 2 aromatic heterocycles. The number of carbonyl (C=O) groups is 1. The highest BCUT2D eigenvalue weighted by Crippen LogP contribution is 2.16. The molecule has 0 aliphatic carbocycles. The minimum Gasteiger partial charge on any atom is -0.482 e. The molecule has 1 fully saturated rings.